The minimum absolute atomic E-state index is 0.740. The molecule has 266 valence electrons. The van der Waals surface area contributed by atoms with Crippen LogP contribution in [-0.2, 0) is 0 Å². The SMILES string of the molecule is c1ccc(-c2nc(-c3ccccc3)c3c(n2)-c2ccc(-n4c5ccccc5c5ccc6c7ccccc7sc6c54)cc2[Si]3(c2ccccc2)c2ccccc2)cc1. The van der Waals surface area contributed by atoms with E-state index in [9.17, 15) is 0 Å². The van der Waals surface area contributed by atoms with E-state index >= 15 is 0 Å². The van der Waals surface area contributed by atoms with Crippen molar-refractivity contribution < 1.29 is 0 Å². The van der Waals surface area contributed by atoms with Crippen molar-refractivity contribution in [3.63, 3.8) is 0 Å². The summed E-state index contributed by atoms with van der Waals surface area (Å²) in [6, 6.07) is 73.1. The lowest BCUT2D eigenvalue weighted by molar-refractivity contribution is 1.19. The second-order valence-corrected chi connectivity index (χ2v) is 19.6. The fourth-order valence-corrected chi connectivity index (χ4v) is 16.0. The molecule has 0 saturated heterocycles. The monoisotopic (exact) mass is 759 g/mol. The van der Waals surface area contributed by atoms with E-state index < -0.39 is 8.07 Å². The van der Waals surface area contributed by atoms with Gasteiger partial charge < -0.3 is 4.57 Å². The van der Waals surface area contributed by atoms with Crippen LogP contribution in [0.2, 0.25) is 0 Å². The molecule has 5 heteroatoms. The van der Waals surface area contributed by atoms with Crippen LogP contribution >= 0.6 is 11.3 Å². The van der Waals surface area contributed by atoms with Crippen LogP contribution in [0.4, 0.5) is 0 Å². The number of para-hydroxylation sites is 1. The summed E-state index contributed by atoms with van der Waals surface area (Å²) in [5.41, 5.74) is 8.92. The number of nitrogens with zero attached hydrogens (tertiary/aromatic N) is 3. The third-order valence-electron chi connectivity index (χ3n) is 11.9. The van der Waals surface area contributed by atoms with Gasteiger partial charge in [-0.05, 0) is 39.8 Å². The number of thiophene rings is 1. The van der Waals surface area contributed by atoms with Crippen LogP contribution < -0.4 is 20.7 Å². The van der Waals surface area contributed by atoms with Crippen molar-refractivity contribution in [1.29, 1.82) is 0 Å². The minimum atomic E-state index is -3.07. The van der Waals surface area contributed by atoms with Gasteiger partial charge in [0.15, 0.2) is 13.9 Å². The normalized spacial score (nSPS) is 13.1. The molecule has 0 atom stereocenters. The topological polar surface area (TPSA) is 30.7 Å². The molecule has 0 spiro atoms. The number of aromatic nitrogens is 3. The fraction of sp³-hybridized carbons (Fsp3) is 0. The molecule has 3 aromatic heterocycles. The van der Waals surface area contributed by atoms with Crippen molar-refractivity contribution >= 4 is 82.1 Å². The van der Waals surface area contributed by atoms with Crippen LogP contribution in [-0.4, -0.2) is 22.6 Å². The lowest BCUT2D eigenvalue weighted by Gasteiger charge is -2.32. The Hall–Kier alpha value is -6.92. The highest BCUT2D eigenvalue weighted by Gasteiger charge is 2.52. The molecular formula is C52H33N3SSi. The van der Waals surface area contributed by atoms with Gasteiger partial charge in [-0.1, -0.05) is 176 Å². The summed E-state index contributed by atoms with van der Waals surface area (Å²) in [5.74, 6) is 0.740. The molecule has 12 rings (SSSR count). The first kappa shape index (κ1) is 32.3. The Kier molecular flexibility index (Phi) is 7.12. The molecule has 8 aromatic carbocycles. The molecule has 11 aromatic rings. The van der Waals surface area contributed by atoms with Crippen molar-refractivity contribution in [2.75, 3.05) is 0 Å². The summed E-state index contributed by atoms with van der Waals surface area (Å²) in [6.07, 6.45) is 0. The maximum Gasteiger partial charge on any atom is 0.185 e. The summed E-state index contributed by atoms with van der Waals surface area (Å²) in [6.45, 7) is 0. The first-order chi connectivity index (χ1) is 28.3. The van der Waals surface area contributed by atoms with Crippen LogP contribution in [0.1, 0.15) is 0 Å². The fourth-order valence-electron chi connectivity index (χ4n) is 9.50. The zero-order chi connectivity index (χ0) is 37.5. The van der Waals surface area contributed by atoms with E-state index in [0.717, 1.165) is 34.0 Å². The number of hydrogen-bond donors (Lipinski definition) is 0. The largest absolute Gasteiger partial charge is 0.308 e. The predicted octanol–water partition coefficient (Wildman–Crippen LogP) is 10.6. The van der Waals surface area contributed by atoms with Crippen LogP contribution in [0.5, 0.6) is 0 Å². The maximum atomic E-state index is 5.57. The quantitative estimate of drug-likeness (QED) is 0.164. The van der Waals surface area contributed by atoms with Crippen LogP contribution in [0.3, 0.4) is 0 Å². The standard InChI is InChI=1S/C52H33N3SSi/c1-5-17-34(18-6-1)47-51-48(54-52(53-47)35-19-7-2-8-20-35)43-30-29-36(33-46(43)57(51,37-21-9-3-10-22-37)38-23-11-4-12-24-38)55-44-27-15-13-25-39(44)41-31-32-42-40-26-14-16-28-45(40)56-50(42)49(41)55/h1-33H. The molecule has 0 fully saturated rings. The highest BCUT2D eigenvalue weighted by molar-refractivity contribution is 7.26. The van der Waals surface area contributed by atoms with Crippen LogP contribution in [0.15, 0.2) is 200 Å². The molecule has 57 heavy (non-hydrogen) atoms. The van der Waals surface area contributed by atoms with Gasteiger partial charge in [-0.15, -0.1) is 11.3 Å². The molecule has 0 bridgehead atoms. The third-order valence-corrected chi connectivity index (χ3v) is 17.9. The lowest BCUT2D eigenvalue weighted by Crippen LogP contribution is -2.73. The summed E-state index contributed by atoms with van der Waals surface area (Å²) < 4.78 is 5.15. The van der Waals surface area contributed by atoms with Crippen molar-refractivity contribution in [1.82, 2.24) is 14.5 Å². The van der Waals surface area contributed by atoms with Crippen molar-refractivity contribution in [3.05, 3.63) is 200 Å². The molecule has 0 saturated carbocycles. The molecule has 3 nitrogen and oxygen atoms in total. The Balaban J connectivity index is 1.24. The van der Waals surface area contributed by atoms with Gasteiger partial charge >= 0.3 is 0 Å². The van der Waals surface area contributed by atoms with Crippen LogP contribution in [0, 0.1) is 0 Å². The minimum Gasteiger partial charge on any atom is -0.308 e. The second-order valence-electron chi connectivity index (χ2n) is 14.9. The third kappa shape index (κ3) is 4.64. The first-order valence-electron chi connectivity index (χ1n) is 19.4. The molecule has 0 radical (unpaired) electrons. The van der Waals surface area contributed by atoms with E-state index in [4.69, 9.17) is 9.97 Å². The smallest absolute Gasteiger partial charge is 0.185 e. The van der Waals surface area contributed by atoms with E-state index in [1.54, 1.807) is 0 Å². The van der Waals surface area contributed by atoms with Gasteiger partial charge in [-0.3, -0.25) is 0 Å². The van der Waals surface area contributed by atoms with Gasteiger partial charge in [-0.2, -0.15) is 0 Å². The molecule has 1 aliphatic heterocycles. The number of rotatable bonds is 5. The zero-order valence-corrected chi connectivity index (χ0v) is 32.6. The van der Waals surface area contributed by atoms with Crippen molar-refractivity contribution in [3.8, 4) is 39.6 Å². The van der Waals surface area contributed by atoms with E-state index in [1.165, 1.54) is 68.3 Å². The van der Waals surface area contributed by atoms with E-state index in [0.29, 0.717) is 0 Å². The number of benzene rings is 8. The molecule has 0 amide bonds. The number of fused-ring (bicyclic) bond motifs is 10. The molecular weight excluding hydrogens is 727 g/mol. The summed E-state index contributed by atoms with van der Waals surface area (Å²) in [5, 5.41) is 10.3. The zero-order valence-electron chi connectivity index (χ0n) is 30.8. The van der Waals surface area contributed by atoms with E-state index in [2.05, 4.69) is 205 Å². The second kappa shape index (κ2) is 12.5. The molecule has 1 aliphatic rings. The highest BCUT2D eigenvalue weighted by Crippen LogP contribution is 2.43. The van der Waals surface area contributed by atoms with Gasteiger partial charge in [0.1, 0.15) is 0 Å². The molecule has 0 N–H and O–H groups in total. The maximum absolute atomic E-state index is 5.57. The Labute approximate surface area is 334 Å². The summed E-state index contributed by atoms with van der Waals surface area (Å²) in [7, 11) is -3.07. The molecule has 0 unspecified atom stereocenters. The average molecular weight is 760 g/mol. The molecule has 4 heterocycles. The van der Waals surface area contributed by atoms with Crippen molar-refractivity contribution in [2.24, 2.45) is 0 Å². The van der Waals surface area contributed by atoms with Gasteiger partial charge in [0, 0.05) is 53.8 Å². The highest BCUT2D eigenvalue weighted by atomic mass is 32.1. The predicted molar refractivity (Wildman–Crippen MR) is 243 cm³/mol. The van der Waals surface area contributed by atoms with Gasteiger partial charge in [0.25, 0.3) is 0 Å². The van der Waals surface area contributed by atoms with Gasteiger partial charge in [0.05, 0.1) is 27.1 Å². The average Bonchev–Trinajstić information content (AvgIpc) is 3.94. The Morgan fingerprint density at radius 1 is 0.456 bits per heavy atom. The van der Waals surface area contributed by atoms with Crippen molar-refractivity contribution in [2.45, 2.75) is 0 Å². The van der Waals surface area contributed by atoms with Gasteiger partial charge in [-0.25, -0.2) is 9.97 Å². The van der Waals surface area contributed by atoms with E-state index in [-0.39, 0.29) is 0 Å². The Bertz CT molecular complexity index is 3300. The Morgan fingerprint density at radius 3 is 1.75 bits per heavy atom. The first-order valence-corrected chi connectivity index (χ1v) is 22.2. The Morgan fingerprint density at radius 2 is 1.04 bits per heavy atom. The number of hydrogen-bond acceptors (Lipinski definition) is 3. The lowest BCUT2D eigenvalue weighted by atomic mass is 10.1. The van der Waals surface area contributed by atoms with E-state index in [1.807, 2.05) is 11.3 Å². The summed E-state index contributed by atoms with van der Waals surface area (Å²) in [4.78, 5) is 11.1. The molecule has 0 aliphatic carbocycles. The summed E-state index contributed by atoms with van der Waals surface area (Å²) >= 11 is 1.89. The van der Waals surface area contributed by atoms with Gasteiger partial charge in [0.2, 0.25) is 0 Å². The van der Waals surface area contributed by atoms with Crippen LogP contribution in [0.25, 0.3) is 81.6 Å².